The molecular formula is C18H23FN4O3S. The number of aromatic nitrogens is 2. The molecule has 1 aromatic heterocycles. The smallest absolute Gasteiger partial charge is 0.253 e. The molecule has 1 fully saturated rings. The quantitative estimate of drug-likeness (QED) is 0.854. The summed E-state index contributed by atoms with van der Waals surface area (Å²) in [5.74, 6) is -0.754. The summed E-state index contributed by atoms with van der Waals surface area (Å²) in [5.41, 5.74) is 2.27. The Labute approximate surface area is 158 Å². The van der Waals surface area contributed by atoms with E-state index in [4.69, 9.17) is 0 Å². The van der Waals surface area contributed by atoms with Crippen LogP contribution in [0.2, 0.25) is 0 Å². The third-order valence-corrected chi connectivity index (χ3v) is 6.29. The summed E-state index contributed by atoms with van der Waals surface area (Å²) in [7, 11) is -3.17. The number of amides is 1. The number of halogens is 1. The van der Waals surface area contributed by atoms with Crippen molar-refractivity contribution < 1.29 is 17.6 Å². The summed E-state index contributed by atoms with van der Waals surface area (Å²) >= 11 is 0. The summed E-state index contributed by atoms with van der Waals surface area (Å²) in [4.78, 5) is 21.3. The molecule has 0 radical (unpaired) electrons. The number of benzene rings is 1. The normalized spacial score (nSPS) is 16.6. The van der Waals surface area contributed by atoms with Gasteiger partial charge in [-0.25, -0.2) is 27.1 Å². The number of hydrogen-bond donors (Lipinski definition) is 1. The molecule has 1 aromatic carbocycles. The SMILES string of the molecule is Cc1nc2cc(F)cc(C(=O)NCC3CCN(S(C)(=O)=O)CC3)c2nc1C. The number of nitrogens with one attached hydrogen (secondary N) is 1. The number of aryl methyl sites for hydroxylation is 2. The lowest BCUT2D eigenvalue weighted by Crippen LogP contribution is -2.41. The third kappa shape index (κ3) is 4.41. The van der Waals surface area contributed by atoms with E-state index >= 15 is 0 Å². The largest absolute Gasteiger partial charge is 0.352 e. The highest BCUT2D eigenvalue weighted by Gasteiger charge is 2.25. The maximum atomic E-state index is 13.9. The summed E-state index contributed by atoms with van der Waals surface area (Å²) in [6.45, 7) is 4.89. The Morgan fingerprint density at radius 3 is 2.48 bits per heavy atom. The van der Waals surface area contributed by atoms with Crippen LogP contribution in [0.25, 0.3) is 11.0 Å². The molecule has 1 saturated heterocycles. The first-order valence-electron chi connectivity index (χ1n) is 8.83. The topological polar surface area (TPSA) is 92.3 Å². The molecule has 7 nitrogen and oxygen atoms in total. The van der Waals surface area contributed by atoms with E-state index in [1.165, 1.54) is 22.7 Å². The number of rotatable bonds is 4. The Bertz CT molecular complexity index is 986. The Morgan fingerprint density at radius 1 is 1.22 bits per heavy atom. The van der Waals surface area contributed by atoms with Crippen molar-refractivity contribution in [3.05, 3.63) is 34.9 Å². The molecule has 146 valence electrons. The monoisotopic (exact) mass is 394 g/mol. The van der Waals surface area contributed by atoms with Crippen LogP contribution in [-0.2, 0) is 10.0 Å². The van der Waals surface area contributed by atoms with Crippen molar-refractivity contribution in [1.29, 1.82) is 0 Å². The summed E-state index contributed by atoms with van der Waals surface area (Å²) < 4.78 is 38.5. The number of carbonyl (C=O) groups is 1. The van der Waals surface area contributed by atoms with E-state index in [0.29, 0.717) is 54.9 Å². The van der Waals surface area contributed by atoms with Crippen LogP contribution in [0, 0.1) is 25.6 Å². The fourth-order valence-electron chi connectivity index (χ4n) is 3.25. The van der Waals surface area contributed by atoms with Gasteiger partial charge >= 0.3 is 0 Å². The Morgan fingerprint density at radius 2 is 1.85 bits per heavy atom. The maximum absolute atomic E-state index is 13.9. The molecule has 0 saturated carbocycles. The fraction of sp³-hybridized carbons (Fsp3) is 0.500. The average molecular weight is 394 g/mol. The molecule has 2 aromatic rings. The van der Waals surface area contributed by atoms with Gasteiger partial charge in [-0.2, -0.15) is 0 Å². The number of hydrogen-bond acceptors (Lipinski definition) is 5. The van der Waals surface area contributed by atoms with Crippen LogP contribution in [-0.4, -0.2) is 54.5 Å². The lowest BCUT2D eigenvalue weighted by molar-refractivity contribution is 0.0942. The number of nitrogens with zero attached hydrogens (tertiary/aromatic N) is 3. The second-order valence-electron chi connectivity index (χ2n) is 7.03. The van der Waals surface area contributed by atoms with E-state index in [0.717, 1.165) is 0 Å². The average Bonchev–Trinajstić information content (AvgIpc) is 2.60. The van der Waals surface area contributed by atoms with Gasteiger partial charge in [0.1, 0.15) is 11.3 Å². The van der Waals surface area contributed by atoms with Gasteiger partial charge in [-0.3, -0.25) is 4.79 Å². The van der Waals surface area contributed by atoms with Crippen molar-refractivity contribution in [3.8, 4) is 0 Å². The minimum absolute atomic E-state index is 0.161. The van der Waals surface area contributed by atoms with Gasteiger partial charge < -0.3 is 5.32 Å². The Kier molecular flexibility index (Phi) is 5.43. The molecule has 1 N–H and O–H groups in total. The van der Waals surface area contributed by atoms with Crippen molar-refractivity contribution in [2.75, 3.05) is 25.9 Å². The first-order valence-corrected chi connectivity index (χ1v) is 10.7. The molecule has 1 aliphatic rings. The van der Waals surface area contributed by atoms with Gasteiger partial charge in [0.25, 0.3) is 5.91 Å². The maximum Gasteiger partial charge on any atom is 0.253 e. The molecule has 1 amide bonds. The lowest BCUT2D eigenvalue weighted by atomic mass is 9.98. The highest BCUT2D eigenvalue weighted by molar-refractivity contribution is 7.88. The molecule has 1 aliphatic heterocycles. The molecule has 0 aliphatic carbocycles. The van der Waals surface area contributed by atoms with Crippen molar-refractivity contribution in [1.82, 2.24) is 19.6 Å². The molecule has 27 heavy (non-hydrogen) atoms. The molecule has 0 spiro atoms. The predicted octanol–water partition coefficient (Wildman–Crippen LogP) is 1.79. The highest BCUT2D eigenvalue weighted by atomic mass is 32.2. The second kappa shape index (κ2) is 7.47. The molecule has 0 unspecified atom stereocenters. The van der Waals surface area contributed by atoms with Crippen LogP contribution in [0.15, 0.2) is 12.1 Å². The van der Waals surface area contributed by atoms with Crippen molar-refractivity contribution in [3.63, 3.8) is 0 Å². The van der Waals surface area contributed by atoms with Crippen molar-refractivity contribution in [2.24, 2.45) is 5.92 Å². The molecule has 0 atom stereocenters. The summed E-state index contributed by atoms with van der Waals surface area (Å²) in [6.07, 6.45) is 2.56. The standard InChI is InChI=1S/C18H23FN4O3S/c1-11-12(2)22-17-15(8-14(19)9-16(17)21-11)18(24)20-10-13-4-6-23(7-5-13)27(3,25)26/h8-9,13H,4-7,10H2,1-3H3,(H,20,24). The third-order valence-electron chi connectivity index (χ3n) is 4.98. The fourth-order valence-corrected chi connectivity index (χ4v) is 4.12. The van der Waals surface area contributed by atoms with Crippen LogP contribution in [0.3, 0.4) is 0 Å². The van der Waals surface area contributed by atoms with Gasteiger partial charge in [-0.05, 0) is 38.7 Å². The molecule has 9 heteroatoms. The first kappa shape index (κ1) is 19.6. The van der Waals surface area contributed by atoms with E-state index in [9.17, 15) is 17.6 Å². The van der Waals surface area contributed by atoms with Crippen LogP contribution in [0.1, 0.15) is 34.6 Å². The van der Waals surface area contributed by atoms with E-state index in [1.54, 1.807) is 13.8 Å². The summed E-state index contributed by atoms with van der Waals surface area (Å²) in [5, 5.41) is 2.83. The minimum Gasteiger partial charge on any atom is -0.352 e. The zero-order chi connectivity index (χ0) is 19.8. The summed E-state index contributed by atoms with van der Waals surface area (Å²) in [6, 6.07) is 2.44. The van der Waals surface area contributed by atoms with Crippen LogP contribution < -0.4 is 5.32 Å². The van der Waals surface area contributed by atoms with Crippen molar-refractivity contribution in [2.45, 2.75) is 26.7 Å². The van der Waals surface area contributed by atoms with E-state index < -0.39 is 21.7 Å². The zero-order valence-corrected chi connectivity index (χ0v) is 16.4. The van der Waals surface area contributed by atoms with Gasteiger partial charge in [0, 0.05) is 25.7 Å². The van der Waals surface area contributed by atoms with E-state index in [2.05, 4.69) is 15.3 Å². The Balaban J connectivity index is 1.71. The van der Waals surface area contributed by atoms with E-state index in [-0.39, 0.29) is 11.5 Å². The second-order valence-corrected chi connectivity index (χ2v) is 9.01. The number of piperidine rings is 1. The minimum atomic E-state index is -3.17. The number of sulfonamides is 1. The molecular weight excluding hydrogens is 371 g/mol. The molecule has 2 heterocycles. The molecule has 3 rings (SSSR count). The Hall–Kier alpha value is -2.13. The van der Waals surface area contributed by atoms with Crippen LogP contribution in [0.4, 0.5) is 4.39 Å². The predicted molar refractivity (Wildman–Crippen MR) is 100 cm³/mol. The number of fused-ring (bicyclic) bond motifs is 1. The van der Waals surface area contributed by atoms with Gasteiger partial charge in [0.05, 0.1) is 28.7 Å². The van der Waals surface area contributed by atoms with Gasteiger partial charge in [0.15, 0.2) is 0 Å². The van der Waals surface area contributed by atoms with Gasteiger partial charge in [0.2, 0.25) is 10.0 Å². The van der Waals surface area contributed by atoms with Crippen LogP contribution >= 0.6 is 0 Å². The van der Waals surface area contributed by atoms with Gasteiger partial charge in [-0.1, -0.05) is 0 Å². The first-order chi connectivity index (χ1) is 12.6. The van der Waals surface area contributed by atoms with Crippen LogP contribution in [0.5, 0.6) is 0 Å². The highest BCUT2D eigenvalue weighted by Crippen LogP contribution is 2.21. The lowest BCUT2D eigenvalue weighted by Gasteiger charge is -2.30. The zero-order valence-electron chi connectivity index (χ0n) is 15.6. The van der Waals surface area contributed by atoms with Crippen molar-refractivity contribution >= 4 is 27.0 Å². The van der Waals surface area contributed by atoms with Gasteiger partial charge in [-0.15, -0.1) is 0 Å². The molecule has 0 bridgehead atoms. The number of carbonyl (C=O) groups excluding carboxylic acids is 1. The van der Waals surface area contributed by atoms with E-state index in [1.807, 2.05) is 0 Å².